The number of amides is 1. The normalized spacial score (nSPS) is 10.5. The molecular formula is C18H20N2O5S. The molecule has 8 heteroatoms. The zero-order valence-electron chi connectivity index (χ0n) is 15.0. The lowest BCUT2D eigenvalue weighted by Crippen LogP contribution is -2.17. The van der Waals surface area contributed by atoms with E-state index in [0.717, 1.165) is 11.3 Å². The fourth-order valence-electron chi connectivity index (χ4n) is 2.08. The van der Waals surface area contributed by atoms with E-state index in [0.29, 0.717) is 17.2 Å². The van der Waals surface area contributed by atoms with E-state index in [1.807, 2.05) is 13.8 Å². The van der Waals surface area contributed by atoms with Gasteiger partial charge in [0, 0.05) is 0 Å². The van der Waals surface area contributed by atoms with Crippen LogP contribution in [0.1, 0.15) is 49.9 Å². The van der Waals surface area contributed by atoms with Crippen LogP contribution in [-0.4, -0.2) is 36.5 Å². The number of esters is 2. The molecule has 138 valence electrons. The van der Waals surface area contributed by atoms with Gasteiger partial charge in [0.15, 0.2) is 5.13 Å². The summed E-state index contributed by atoms with van der Waals surface area (Å²) in [6.45, 7) is 5.86. The summed E-state index contributed by atoms with van der Waals surface area (Å²) in [6.07, 6.45) is 0. The third kappa shape index (κ3) is 4.66. The van der Waals surface area contributed by atoms with E-state index in [4.69, 9.17) is 4.74 Å². The topological polar surface area (TPSA) is 94.6 Å². The lowest BCUT2D eigenvalue weighted by Gasteiger charge is -2.07. The zero-order valence-corrected chi connectivity index (χ0v) is 15.8. The molecule has 2 rings (SSSR count). The van der Waals surface area contributed by atoms with Crippen molar-refractivity contribution in [2.45, 2.75) is 20.8 Å². The van der Waals surface area contributed by atoms with Gasteiger partial charge >= 0.3 is 11.9 Å². The van der Waals surface area contributed by atoms with Crippen LogP contribution in [0, 0.1) is 12.8 Å². The number of hydrogen-bond donors (Lipinski definition) is 1. The summed E-state index contributed by atoms with van der Waals surface area (Å²) in [5, 5.41) is 2.86. The monoisotopic (exact) mass is 376 g/mol. The van der Waals surface area contributed by atoms with E-state index in [1.165, 1.54) is 19.2 Å². The third-order valence-corrected chi connectivity index (χ3v) is 4.38. The van der Waals surface area contributed by atoms with Crippen molar-refractivity contribution in [3.8, 4) is 0 Å². The quantitative estimate of drug-likeness (QED) is 0.777. The minimum atomic E-state index is -0.607. The maximum atomic E-state index is 12.5. The molecule has 7 nitrogen and oxygen atoms in total. The molecule has 0 spiro atoms. The van der Waals surface area contributed by atoms with E-state index in [2.05, 4.69) is 15.0 Å². The minimum absolute atomic E-state index is 0.150. The molecule has 0 unspecified atom stereocenters. The van der Waals surface area contributed by atoms with Gasteiger partial charge in [0.05, 0.1) is 30.5 Å². The summed E-state index contributed by atoms with van der Waals surface area (Å²) in [6, 6.07) is 6.30. The van der Waals surface area contributed by atoms with Crippen LogP contribution in [0.3, 0.4) is 0 Å². The van der Waals surface area contributed by atoms with Crippen molar-refractivity contribution in [1.82, 2.24) is 4.98 Å². The van der Waals surface area contributed by atoms with Crippen LogP contribution in [0.4, 0.5) is 5.13 Å². The van der Waals surface area contributed by atoms with Gasteiger partial charge in [-0.15, -0.1) is 0 Å². The van der Waals surface area contributed by atoms with Gasteiger partial charge in [-0.25, -0.2) is 14.6 Å². The molecule has 0 aliphatic heterocycles. The summed E-state index contributed by atoms with van der Waals surface area (Å²) in [5.74, 6) is -1.36. The first kappa shape index (κ1) is 19.6. The highest BCUT2D eigenvalue weighted by atomic mass is 32.1. The zero-order chi connectivity index (χ0) is 19.3. The van der Waals surface area contributed by atoms with Crippen molar-refractivity contribution in [1.29, 1.82) is 0 Å². The number of benzene rings is 1. The molecule has 26 heavy (non-hydrogen) atoms. The maximum absolute atomic E-state index is 12.5. The highest BCUT2D eigenvalue weighted by Gasteiger charge is 2.21. The highest BCUT2D eigenvalue weighted by molar-refractivity contribution is 7.17. The predicted molar refractivity (Wildman–Crippen MR) is 97.7 cm³/mol. The number of hydrogen-bond acceptors (Lipinski definition) is 7. The Balaban J connectivity index is 2.17. The van der Waals surface area contributed by atoms with Crippen LogP contribution in [-0.2, 0) is 9.47 Å². The van der Waals surface area contributed by atoms with Gasteiger partial charge in [-0.3, -0.25) is 10.1 Å². The number of aryl methyl sites for hydroxylation is 1. The largest absolute Gasteiger partial charge is 0.465 e. The Bertz CT molecular complexity index is 829. The Hall–Kier alpha value is -2.74. The van der Waals surface area contributed by atoms with Crippen molar-refractivity contribution in [3.63, 3.8) is 0 Å². The first-order valence-electron chi connectivity index (χ1n) is 7.96. The average Bonchev–Trinajstić information content (AvgIpc) is 2.99. The summed E-state index contributed by atoms with van der Waals surface area (Å²) in [5.41, 5.74) is 0.786. The molecule has 1 aromatic carbocycles. The van der Waals surface area contributed by atoms with Gasteiger partial charge < -0.3 is 9.47 Å². The number of aromatic nitrogens is 1. The van der Waals surface area contributed by atoms with Gasteiger partial charge in [-0.1, -0.05) is 37.3 Å². The van der Waals surface area contributed by atoms with Crippen LogP contribution in [0.25, 0.3) is 0 Å². The van der Waals surface area contributed by atoms with Gasteiger partial charge in [-0.2, -0.15) is 0 Å². The molecule has 0 bridgehead atoms. The lowest BCUT2D eigenvalue weighted by molar-refractivity contribution is 0.0463. The average molecular weight is 376 g/mol. The van der Waals surface area contributed by atoms with Gasteiger partial charge in [0.2, 0.25) is 0 Å². The first-order valence-corrected chi connectivity index (χ1v) is 8.78. The van der Waals surface area contributed by atoms with Gasteiger partial charge in [-0.05, 0) is 25.0 Å². The number of carbonyl (C=O) groups is 3. The molecule has 0 aliphatic rings. The lowest BCUT2D eigenvalue weighted by atomic mass is 10.1. The first-order chi connectivity index (χ1) is 12.3. The second kappa shape index (κ2) is 8.57. The number of thiazole rings is 1. The van der Waals surface area contributed by atoms with Crippen LogP contribution >= 0.6 is 11.3 Å². The molecule has 1 heterocycles. The molecule has 0 saturated heterocycles. The number of nitrogens with one attached hydrogen (secondary N) is 1. The number of anilines is 1. The fourth-order valence-corrected chi connectivity index (χ4v) is 2.94. The number of ether oxygens (including phenoxy) is 2. The standard InChI is InChI=1S/C18H20N2O5S/c1-10(2)9-25-17(23)14-11(3)19-18(26-14)20-15(21)12-7-5-6-8-13(12)16(22)24-4/h5-8,10H,9H2,1-4H3,(H,19,20,21). The minimum Gasteiger partial charge on any atom is -0.465 e. The smallest absolute Gasteiger partial charge is 0.350 e. The van der Waals surface area contributed by atoms with Crippen LogP contribution in [0.2, 0.25) is 0 Å². The summed E-state index contributed by atoms with van der Waals surface area (Å²) < 4.78 is 9.88. The molecule has 1 amide bonds. The molecule has 0 saturated carbocycles. The summed E-state index contributed by atoms with van der Waals surface area (Å²) in [7, 11) is 1.25. The molecule has 2 aromatic rings. The van der Waals surface area contributed by atoms with Crippen LogP contribution in [0.5, 0.6) is 0 Å². The molecule has 1 N–H and O–H groups in total. The molecular weight excluding hydrogens is 356 g/mol. The van der Waals surface area contributed by atoms with E-state index >= 15 is 0 Å². The van der Waals surface area contributed by atoms with Crippen LogP contribution < -0.4 is 5.32 Å². The SMILES string of the molecule is COC(=O)c1ccccc1C(=O)Nc1nc(C)c(C(=O)OCC(C)C)s1. The second-order valence-electron chi connectivity index (χ2n) is 5.92. The van der Waals surface area contributed by atoms with E-state index < -0.39 is 17.8 Å². The molecule has 1 aromatic heterocycles. The van der Waals surface area contributed by atoms with E-state index in [1.54, 1.807) is 19.1 Å². The van der Waals surface area contributed by atoms with Crippen molar-refractivity contribution in [2.75, 3.05) is 19.0 Å². The Morgan fingerprint density at radius 1 is 1.15 bits per heavy atom. The van der Waals surface area contributed by atoms with Gasteiger partial charge in [0.1, 0.15) is 4.88 Å². The number of methoxy groups -OCH3 is 1. The Labute approximate surface area is 155 Å². The highest BCUT2D eigenvalue weighted by Crippen LogP contribution is 2.24. The van der Waals surface area contributed by atoms with Crippen molar-refractivity contribution in [3.05, 3.63) is 46.0 Å². The molecule has 0 fully saturated rings. The van der Waals surface area contributed by atoms with E-state index in [-0.39, 0.29) is 22.2 Å². The van der Waals surface area contributed by atoms with Crippen molar-refractivity contribution < 1.29 is 23.9 Å². The predicted octanol–water partition coefficient (Wildman–Crippen LogP) is 3.30. The Morgan fingerprint density at radius 2 is 1.81 bits per heavy atom. The maximum Gasteiger partial charge on any atom is 0.350 e. The van der Waals surface area contributed by atoms with Gasteiger partial charge in [0.25, 0.3) is 5.91 Å². The van der Waals surface area contributed by atoms with Crippen molar-refractivity contribution in [2.24, 2.45) is 5.92 Å². The Morgan fingerprint density at radius 3 is 2.42 bits per heavy atom. The van der Waals surface area contributed by atoms with E-state index in [9.17, 15) is 14.4 Å². The third-order valence-electron chi connectivity index (χ3n) is 3.33. The molecule has 0 atom stereocenters. The number of nitrogens with zero attached hydrogens (tertiary/aromatic N) is 1. The van der Waals surface area contributed by atoms with Crippen molar-refractivity contribution >= 4 is 34.3 Å². The second-order valence-corrected chi connectivity index (χ2v) is 6.92. The summed E-state index contributed by atoms with van der Waals surface area (Å²) >= 11 is 1.03. The molecule has 0 radical (unpaired) electrons. The van der Waals surface area contributed by atoms with Crippen LogP contribution in [0.15, 0.2) is 24.3 Å². The number of rotatable bonds is 6. The number of carbonyl (C=O) groups excluding carboxylic acids is 3. The molecule has 0 aliphatic carbocycles. The Kier molecular flexibility index (Phi) is 6.46. The summed E-state index contributed by atoms with van der Waals surface area (Å²) in [4.78, 5) is 40.9. The fraction of sp³-hybridized carbons (Fsp3) is 0.333.